The Labute approximate surface area is 325 Å². The number of hydrogen-bond acceptors (Lipinski definition) is 2. The minimum absolute atomic E-state index is 0.894. The van der Waals surface area contributed by atoms with Crippen molar-refractivity contribution < 1.29 is 4.42 Å². The van der Waals surface area contributed by atoms with Crippen molar-refractivity contribution in [3.63, 3.8) is 0 Å². The fraction of sp³-hybridized carbons (Fsp3) is 0. The van der Waals surface area contributed by atoms with E-state index in [2.05, 4.69) is 217 Å². The van der Waals surface area contributed by atoms with E-state index in [1.54, 1.807) is 0 Å². The van der Waals surface area contributed by atoms with Gasteiger partial charge in [0, 0.05) is 32.9 Å². The molecule has 0 aliphatic rings. The zero-order chi connectivity index (χ0) is 37.0. The second-order valence-corrected chi connectivity index (χ2v) is 14.5. The molecule has 0 atom stereocenters. The molecule has 0 saturated carbocycles. The average molecular weight is 714 g/mol. The fourth-order valence-electron chi connectivity index (χ4n) is 8.58. The van der Waals surface area contributed by atoms with Gasteiger partial charge in [-0.1, -0.05) is 164 Å². The maximum atomic E-state index is 6.58. The molecule has 2 heteroatoms. The van der Waals surface area contributed by atoms with Crippen molar-refractivity contribution >= 4 is 71.3 Å². The summed E-state index contributed by atoms with van der Waals surface area (Å²) < 4.78 is 6.58. The summed E-state index contributed by atoms with van der Waals surface area (Å²) in [6, 6.07) is 76.5. The van der Waals surface area contributed by atoms with Gasteiger partial charge in [0.25, 0.3) is 0 Å². The van der Waals surface area contributed by atoms with Crippen molar-refractivity contribution in [1.29, 1.82) is 0 Å². The first kappa shape index (κ1) is 32.0. The zero-order valence-corrected chi connectivity index (χ0v) is 30.6. The summed E-state index contributed by atoms with van der Waals surface area (Å²) in [5.74, 6) is 0. The van der Waals surface area contributed by atoms with Gasteiger partial charge >= 0.3 is 0 Å². The molecule has 11 aromatic rings. The molecule has 0 radical (unpaired) electrons. The van der Waals surface area contributed by atoms with Gasteiger partial charge in [-0.05, 0) is 103 Å². The van der Waals surface area contributed by atoms with E-state index in [4.69, 9.17) is 4.42 Å². The lowest BCUT2D eigenvalue weighted by molar-refractivity contribution is 0.673. The van der Waals surface area contributed by atoms with Crippen LogP contribution in [0.1, 0.15) is 0 Å². The molecule has 11 rings (SSSR count). The second-order valence-electron chi connectivity index (χ2n) is 14.5. The summed E-state index contributed by atoms with van der Waals surface area (Å²) in [4.78, 5) is 2.39. The van der Waals surface area contributed by atoms with Crippen LogP contribution in [0.3, 0.4) is 0 Å². The third-order valence-electron chi connectivity index (χ3n) is 11.2. The maximum absolute atomic E-state index is 6.58. The topological polar surface area (TPSA) is 16.4 Å². The van der Waals surface area contributed by atoms with Crippen LogP contribution >= 0.6 is 0 Å². The lowest BCUT2D eigenvalue weighted by Gasteiger charge is -2.27. The van der Waals surface area contributed by atoms with E-state index in [1.165, 1.54) is 49.2 Å². The number of rotatable bonds is 6. The van der Waals surface area contributed by atoms with E-state index in [9.17, 15) is 0 Å². The summed E-state index contributed by atoms with van der Waals surface area (Å²) in [6.45, 7) is 0. The Balaban J connectivity index is 1.04. The summed E-state index contributed by atoms with van der Waals surface area (Å²) in [7, 11) is 0. The summed E-state index contributed by atoms with van der Waals surface area (Å²) in [6.07, 6.45) is 0. The minimum Gasteiger partial charge on any atom is -0.455 e. The molecular weight excluding hydrogens is 679 g/mol. The molecule has 0 amide bonds. The number of fused-ring (bicyclic) bond motifs is 7. The van der Waals surface area contributed by atoms with Crippen LogP contribution in [0.15, 0.2) is 217 Å². The van der Waals surface area contributed by atoms with Gasteiger partial charge in [-0.3, -0.25) is 0 Å². The van der Waals surface area contributed by atoms with Gasteiger partial charge < -0.3 is 9.32 Å². The van der Waals surface area contributed by atoms with Crippen LogP contribution in [0.25, 0.3) is 87.6 Å². The van der Waals surface area contributed by atoms with Gasteiger partial charge in [0.2, 0.25) is 0 Å². The average Bonchev–Trinajstić information content (AvgIpc) is 3.67. The summed E-state index contributed by atoms with van der Waals surface area (Å²) in [5.41, 5.74) is 12.2. The highest BCUT2D eigenvalue weighted by atomic mass is 16.3. The summed E-state index contributed by atoms with van der Waals surface area (Å²) in [5, 5.41) is 9.49. The third kappa shape index (κ3) is 5.34. The Bertz CT molecular complexity index is 3250. The molecule has 0 fully saturated rings. The van der Waals surface area contributed by atoms with Crippen molar-refractivity contribution in [1.82, 2.24) is 0 Å². The largest absolute Gasteiger partial charge is 0.455 e. The van der Waals surface area contributed by atoms with E-state index in [1.807, 2.05) is 0 Å². The second kappa shape index (κ2) is 13.2. The van der Waals surface area contributed by atoms with E-state index in [-0.39, 0.29) is 0 Å². The normalized spacial score (nSPS) is 11.6. The maximum Gasteiger partial charge on any atom is 0.143 e. The number of furan rings is 1. The Morgan fingerprint density at radius 1 is 0.321 bits per heavy atom. The smallest absolute Gasteiger partial charge is 0.143 e. The Morgan fingerprint density at radius 3 is 1.73 bits per heavy atom. The van der Waals surface area contributed by atoms with E-state index in [0.717, 1.165) is 55.5 Å². The van der Waals surface area contributed by atoms with Gasteiger partial charge in [-0.2, -0.15) is 0 Å². The van der Waals surface area contributed by atoms with Gasteiger partial charge in [-0.15, -0.1) is 0 Å². The van der Waals surface area contributed by atoms with Crippen molar-refractivity contribution in [3.8, 4) is 33.4 Å². The molecule has 0 saturated heterocycles. The minimum atomic E-state index is 0.894. The molecule has 0 N–H and O–H groups in total. The van der Waals surface area contributed by atoms with Gasteiger partial charge in [0.15, 0.2) is 0 Å². The van der Waals surface area contributed by atoms with Crippen molar-refractivity contribution in [2.75, 3.05) is 4.90 Å². The van der Waals surface area contributed by atoms with Crippen LogP contribution in [0, 0.1) is 0 Å². The van der Waals surface area contributed by atoms with Crippen molar-refractivity contribution in [2.45, 2.75) is 0 Å². The molecule has 1 aromatic heterocycles. The highest BCUT2D eigenvalue weighted by Crippen LogP contribution is 2.44. The molecule has 0 unspecified atom stereocenters. The molecular formula is C54H35NO. The van der Waals surface area contributed by atoms with Gasteiger partial charge in [0.1, 0.15) is 11.2 Å². The molecule has 1 heterocycles. The summed E-state index contributed by atoms with van der Waals surface area (Å²) >= 11 is 0. The Kier molecular flexibility index (Phi) is 7.53. The first-order valence-electron chi connectivity index (χ1n) is 19.2. The van der Waals surface area contributed by atoms with E-state index < -0.39 is 0 Å². The van der Waals surface area contributed by atoms with Gasteiger partial charge in [0.05, 0.1) is 5.69 Å². The van der Waals surface area contributed by atoms with Crippen LogP contribution < -0.4 is 4.90 Å². The molecule has 0 spiro atoms. The van der Waals surface area contributed by atoms with E-state index in [0.29, 0.717) is 0 Å². The molecule has 0 aliphatic heterocycles. The standard InChI is InChI=1S/C54H35NO/c1-4-21-45-37(12-1)15-9-24-46(45)41-18-7-17-40(34-41)36-28-31-43(32-29-36)55(51-26-10-16-38-13-2-5-22-47(38)51)44-20-8-19-42(35-44)48-25-11-27-52-53(48)50-33-30-39-14-3-6-23-49(39)54(50)56-52/h1-35H. The molecule has 2 nitrogen and oxygen atoms in total. The van der Waals surface area contributed by atoms with Crippen molar-refractivity contribution in [2.24, 2.45) is 0 Å². The molecule has 0 aliphatic carbocycles. The van der Waals surface area contributed by atoms with Crippen LogP contribution in [-0.2, 0) is 0 Å². The van der Waals surface area contributed by atoms with Crippen molar-refractivity contribution in [3.05, 3.63) is 212 Å². The van der Waals surface area contributed by atoms with Crippen LogP contribution in [-0.4, -0.2) is 0 Å². The van der Waals surface area contributed by atoms with Crippen LogP contribution in [0.5, 0.6) is 0 Å². The Hall–Kier alpha value is -7.42. The predicted octanol–water partition coefficient (Wildman–Crippen LogP) is 15.5. The first-order chi connectivity index (χ1) is 27.8. The molecule has 0 bridgehead atoms. The SMILES string of the molecule is c1cc(-c2ccc(N(c3cccc(-c4cccc5oc6c7ccccc7ccc6c45)c3)c3cccc4ccccc34)cc2)cc(-c2cccc3ccccc23)c1. The number of anilines is 3. The first-order valence-corrected chi connectivity index (χ1v) is 19.2. The van der Waals surface area contributed by atoms with Gasteiger partial charge in [-0.25, -0.2) is 0 Å². The lowest BCUT2D eigenvalue weighted by Crippen LogP contribution is -2.10. The Morgan fingerprint density at radius 2 is 0.911 bits per heavy atom. The number of benzene rings is 10. The fourth-order valence-corrected chi connectivity index (χ4v) is 8.58. The molecule has 262 valence electrons. The predicted molar refractivity (Wildman–Crippen MR) is 237 cm³/mol. The highest BCUT2D eigenvalue weighted by molar-refractivity contribution is 6.19. The lowest BCUT2D eigenvalue weighted by atomic mass is 9.95. The van der Waals surface area contributed by atoms with E-state index >= 15 is 0 Å². The molecule has 56 heavy (non-hydrogen) atoms. The van der Waals surface area contributed by atoms with Crippen LogP contribution in [0.4, 0.5) is 17.1 Å². The molecule has 10 aromatic carbocycles. The quantitative estimate of drug-likeness (QED) is 0.171. The monoisotopic (exact) mass is 713 g/mol. The van der Waals surface area contributed by atoms with Crippen LogP contribution in [0.2, 0.25) is 0 Å². The zero-order valence-electron chi connectivity index (χ0n) is 30.6. The third-order valence-corrected chi connectivity index (χ3v) is 11.2. The highest BCUT2D eigenvalue weighted by Gasteiger charge is 2.19. The number of hydrogen-bond donors (Lipinski definition) is 0. The number of nitrogens with zero attached hydrogens (tertiary/aromatic N) is 1.